The minimum Gasteiger partial charge on any atom is -0.328 e. The first-order valence-corrected chi connectivity index (χ1v) is 5.09. The summed E-state index contributed by atoms with van der Waals surface area (Å²) in [5.41, 5.74) is 0. The van der Waals surface area contributed by atoms with Crippen molar-refractivity contribution in [1.82, 2.24) is 0 Å². The Morgan fingerprint density at radius 2 is 0.222 bits per heavy atom. The van der Waals surface area contributed by atoms with Gasteiger partial charge in [-0.15, -0.1) is 91.0 Å². The zero-order chi connectivity index (χ0) is 32.2. The van der Waals surface area contributed by atoms with Crippen LogP contribution in [0.25, 0.3) is 0 Å². The van der Waals surface area contributed by atoms with Crippen LogP contribution < -0.4 is 0 Å². The van der Waals surface area contributed by atoms with Gasteiger partial charge in [-0.1, -0.05) is 0 Å². The zero-order valence-corrected chi connectivity index (χ0v) is 15.4. The number of hydrogen-bond acceptors (Lipinski definition) is 18. The van der Waals surface area contributed by atoms with E-state index in [4.69, 9.17) is 138 Å². The summed E-state index contributed by atoms with van der Waals surface area (Å²) < 4.78 is 0. The molecule has 0 heterocycles. The van der Waals surface area contributed by atoms with Crippen LogP contribution in [0.2, 0.25) is 0 Å². The highest BCUT2D eigenvalue weighted by Gasteiger charge is 1.68. The first-order valence-electron chi connectivity index (χ1n) is 5.09. The molecular formula is H9N9O27. The second-order valence-corrected chi connectivity index (χ2v) is 2.14. The van der Waals surface area contributed by atoms with Gasteiger partial charge in [-0.3, -0.25) is 0 Å². The molecule has 0 atom stereocenters. The molecule has 0 fully saturated rings. The van der Waals surface area contributed by atoms with E-state index in [1.807, 2.05) is 0 Å². The second kappa shape index (κ2) is 50.9. The quantitative estimate of drug-likeness (QED) is 0.103. The van der Waals surface area contributed by atoms with Crippen molar-refractivity contribution in [1.29, 1.82) is 0 Å². The van der Waals surface area contributed by atoms with Crippen LogP contribution in [0.5, 0.6) is 0 Å². The molecule has 0 radical (unpaired) electrons. The maximum Gasteiger partial charge on any atom is 0.291 e. The fourth-order valence-electron chi connectivity index (χ4n) is 0. The Kier molecular flexibility index (Phi) is 80.3. The molecule has 36 heteroatoms. The topological polar surface area (TPSA) is 570 Å². The SMILES string of the molecule is O=[N+]([O-])O.O=[N+]([O-])O.O=[N+]([O-])O.O=[N+]([O-])O.O=[N+]([O-])O.O=[N+]([O-])O.O=[N+]([O-])O.O=[N+]([O-])O.O=[N+]([O-])O. The number of rotatable bonds is 0. The van der Waals surface area contributed by atoms with Gasteiger partial charge >= 0.3 is 0 Å². The fourth-order valence-corrected chi connectivity index (χ4v) is 0. The standard InChI is InChI=1S/9HNO3/c9*2-1(3)4/h9*(H,2,3,4). The number of nitrogens with zero attached hydrogens (tertiary/aromatic N) is 9. The van der Waals surface area contributed by atoms with E-state index in [1.54, 1.807) is 0 Å². The fraction of sp³-hybridized carbons (Fsp3) is 0. The molecule has 0 aromatic heterocycles. The Balaban J connectivity index is -0.0000000325. The van der Waals surface area contributed by atoms with Crippen LogP contribution in [0.1, 0.15) is 0 Å². The summed E-state index contributed by atoms with van der Waals surface area (Å²) in [7, 11) is 0. The summed E-state index contributed by atoms with van der Waals surface area (Å²) in [6.45, 7) is 0. The second-order valence-electron chi connectivity index (χ2n) is 2.14. The Labute approximate surface area is 185 Å². The van der Waals surface area contributed by atoms with Gasteiger partial charge in [0.05, 0.1) is 0 Å². The smallest absolute Gasteiger partial charge is 0.291 e. The van der Waals surface area contributed by atoms with Crippen molar-refractivity contribution in [2.75, 3.05) is 0 Å². The molecule has 0 unspecified atom stereocenters. The van der Waals surface area contributed by atoms with Gasteiger partial charge in [0.15, 0.2) is 0 Å². The van der Waals surface area contributed by atoms with Crippen molar-refractivity contribution in [3.05, 3.63) is 91.0 Å². The third-order valence-electron chi connectivity index (χ3n) is 0. The van der Waals surface area contributed by atoms with E-state index in [9.17, 15) is 0 Å². The van der Waals surface area contributed by atoms with Gasteiger partial charge in [0.1, 0.15) is 0 Å². The zero-order valence-electron chi connectivity index (χ0n) is 15.4. The van der Waals surface area contributed by atoms with Gasteiger partial charge in [-0.2, -0.15) is 0 Å². The number of hydrogen-bond donors (Lipinski definition) is 9. The van der Waals surface area contributed by atoms with Crippen LogP contribution in [0.3, 0.4) is 0 Å². The van der Waals surface area contributed by atoms with E-state index < -0.39 is 45.8 Å². The lowest BCUT2D eigenvalue weighted by Crippen LogP contribution is -1.81. The van der Waals surface area contributed by atoms with Crippen LogP contribution >= 0.6 is 0 Å². The normalized spacial score (nSPS) is 6.00. The van der Waals surface area contributed by atoms with E-state index in [0.29, 0.717) is 0 Å². The molecular weight excluding hydrogens is 558 g/mol. The molecule has 36 heavy (non-hydrogen) atoms. The molecule has 0 aliphatic rings. The van der Waals surface area contributed by atoms with E-state index in [1.165, 1.54) is 0 Å². The first kappa shape index (κ1) is 56.8. The summed E-state index contributed by atoms with van der Waals surface area (Å²) in [5, 5.41) is 123. The largest absolute Gasteiger partial charge is 0.328 e. The minimum absolute atomic E-state index is 1.50. The van der Waals surface area contributed by atoms with Crippen LogP contribution in [0.15, 0.2) is 0 Å². The van der Waals surface area contributed by atoms with Crippen molar-refractivity contribution in [3.63, 3.8) is 0 Å². The molecule has 36 nitrogen and oxygen atoms in total. The molecule has 0 rings (SSSR count). The molecule has 216 valence electrons. The van der Waals surface area contributed by atoms with Crippen molar-refractivity contribution >= 4 is 0 Å². The Morgan fingerprint density at radius 1 is 0.222 bits per heavy atom. The highest BCUT2D eigenvalue weighted by atomic mass is 16.9. The van der Waals surface area contributed by atoms with Gasteiger partial charge in [0.2, 0.25) is 0 Å². The molecule has 0 amide bonds. The highest BCUT2D eigenvalue weighted by molar-refractivity contribution is 3.86. The third kappa shape index (κ3) is 344. The Bertz CT molecular complexity index is 408. The highest BCUT2D eigenvalue weighted by Crippen LogP contribution is 1.41. The summed E-state index contributed by atoms with van der Waals surface area (Å²) in [5.74, 6) is 0. The molecule has 0 spiro atoms. The van der Waals surface area contributed by atoms with Crippen molar-refractivity contribution < 1.29 is 92.6 Å². The molecule has 0 aliphatic heterocycles. The lowest BCUT2D eigenvalue weighted by atomic mass is 13.1. The van der Waals surface area contributed by atoms with E-state index in [-0.39, 0.29) is 0 Å². The summed E-state index contributed by atoms with van der Waals surface area (Å²) in [6.07, 6.45) is 0. The predicted molar refractivity (Wildman–Crippen MR) is 79.0 cm³/mol. The van der Waals surface area contributed by atoms with Crippen molar-refractivity contribution in [3.8, 4) is 0 Å². The van der Waals surface area contributed by atoms with E-state index >= 15 is 0 Å². The van der Waals surface area contributed by atoms with Gasteiger partial charge in [-0.05, 0) is 0 Å². The van der Waals surface area contributed by atoms with Crippen LogP contribution in [-0.4, -0.2) is 92.6 Å². The monoisotopic (exact) mass is 567 g/mol. The molecule has 9 N–H and O–H groups in total. The summed E-state index contributed by atoms with van der Waals surface area (Å²) in [4.78, 5) is 75.3. The third-order valence-corrected chi connectivity index (χ3v) is 0. The molecule has 0 aromatic carbocycles. The predicted octanol–water partition coefficient (Wildman–Crippen LogP) is -3.13. The lowest BCUT2D eigenvalue weighted by molar-refractivity contribution is -0.742. The van der Waals surface area contributed by atoms with Crippen LogP contribution in [0, 0.1) is 91.0 Å². The molecule has 0 saturated carbocycles. The van der Waals surface area contributed by atoms with Crippen LogP contribution in [0.4, 0.5) is 0 Å². The summed E-state index contributed by atoms with van der Waals surface area (Å²) >= 11 is 0. The maximum absolute atomic E-state index is 8.36. The maximum atomic E-state index is 8.36. The van der Waals surface area contributed by atoms with Crippen LogP contribution in [-0.2, 0) is 0 Å². The lowest BCUT2D eigenvalue weighted by Gasteiger charge is -1.56. The molecule has 0 aromatic rings. The minimum atomic E-state index is -1.50. The Hall–Kier alpha value is -7.20. The summed E-state index contributed by atoms with van der Waals surface area (Å²) in [6, 6.07) is 0. The van der Waals surface area contributed by atoms with Gasteiger partial charge < -0.3 is 46.9 Å². The first-order chi connectivity index (χ1) is 15.6. The molecule has 0 saturated heterocycles. The Morgan fingerprint density at radius 3 is 0.222 bits per heavy atom. The average molecular weight is 567 g/mol. The van der Waals surface area contributed by atoms with Gasteiger partial charge in [0.25, 0.3) is 45.8 Å². The average Bonchev–Trinajstić information content (AvgIpc) is 2.39. The molecule has 0 aliphatic carbocycles. The van der Waals surface area contributed by atoms with Crippen molar-refractivity contribution in [2.24, 2.45) is 0 Å². The van der Waals surface area contributed by atoms with E-state index in [0.717, 1.165) is 0 Å². The van der Waals surface area contributed by atoms with Gasteiger partial charge in [0, 0.05) is 0 Å². The van der Waals surface area contributed by atoms with Gasteiger partial charge in [-0.25, -0.2) is 0 Å². The van der Waals surface area contributed by atoms with Crippen molar-refractivity contribution in [2.45, 2.75) is 0 Å². The molecule has 0 bridgehead atoms. The van der Waals surface area contributed by atoms with E-state index in [2.05, 4.69) is 0 Å².